The fourth-order valence-electron chi connectivity index (χ4n) is 2.92. The number of aromatic nitrogens is 1. The molecule has 0 saturated heterocycles. The molecule has 1 atom stereocenters. The quantitative estimate of drug-likeness (QED) is 0.786. The molecule has 0 saturated carbocycles. The van der Waals surface area contributed by atoms with Crippen LogP contribution < -0.4 is 10.6 Å². The molecule has 1 unspecified atom stereocenters. The summed E-state index contributed by atoms with van der Waals surface area (Å²) in [6.07, 6.45) is 3.37. The summed E-state index contributed by atoms with van der Waals surface area (Å²) in [5, 5.41) is 7.31. The first-order valence-electron chi connectivity index (χ1n) is 6.83. The highest BCUT2D eigenvalue weighted by Crippen LogP contribution is 2.34. The van der Waals surface area contributed by atoms with Crippen LogP contribution >= 0.6 is 0 Å². The van der Waals surface area contributed by atoms with Gasteiger partial charge in [0.1, 0.15) is 0 Å². The lowest BCUT2D eigenvalue weighted by Crippen LogP contribution is -2.35. The molecule has 0 spiro atoms. The molecule has 0 aliphatic heterocycles. The van der Waals surface area contributed by atoms with Gasteiger partial charge in [-0.05, 0) is 30.9 Å². The molecule has 2 aromatic rings. The molecule has 0 fully saturated rings. The molecule has 3 rings (SSSR count). The highest BCUT2D eigenvalue weighted by molar-refractivity contribution is 5.85. The van der Waals surface area contributed by atoms with E-state index in [1.54, 1.807) is 7.05 Å². The van der Waals surface area contributed by atoms with E-state index >= 15 is 0 Å². The van der Waals surface area contributed by atoms with Crippen LogP contribution in [0.5, 0.6) is 0 Å². The molecule has 1 heterocycles. The average Bonchev–Trinajstić information content (AvgIpc) is 2.84. The summed E-state index contributed by atoms with van der Waals surface area (Å²) in [6, 6.07) is 8.68. The van der Waals surface area contributed by atoms with Gasteiger partial charge in [-0.25, -0.2) is 0 Å². The van der Waals surface area contributed by atoms with Crippen LogP contribution in [0.15, 0.2) is 24.3 Å². The van der Waals surface area contributed by atoms with Crippen molar-refractivity contribution in [3.05, 3.63) is 35.5 Å². The Balaban J connectivity index is 1.89. The Labute approximate surface area is 112 Å². The number of likely N-dealkylation sites (N-methyl/N-ethyl adjacent to an activating group) is 1. The molecular formula is C15H19N3O. The van der Waals surface area contributed by atoms with Gasteiger partial charge in [0.25, 0.3) is 0 Å². The monoisotopic (exact) mass is 257 g/mol. The van der Waals surface area contributed by atoms with Gasteiger partial charge in [-0.2, -0.15) is 0 Å². The van der Waals surface area contributed by atoms with Gasteiger partial charge in [0.15, 0.2) is 0 Å². The number of carbonyl (C=O) groups is 1. The Bertz CT molecular complexity index is 602. The summed E-state index contributed by atoms with van der Waals surface area (Å²) < 4.78 is 0. The highest BCUT2D eigenvalue weighted by atomic mass is 16.1. The molecule has 1 aliphatic rings. The van der Waals surface area contributed by atoms with Crippen LogP contribution in [0.4, 0.5) is 0 Å². The first-order chi connectivity index (χ1) is 9.29. The van der Waals surface area contributed by atoms with Crippen molar-refractivity contribution in [3.8, 4) is 0 Å². The second-order valence-corrected chi connectivity index (χ2v) is 5.06. The van der Waals surface area contributed by atoms with Crippen LogP contribution in [0.2, 0.25) is 0 Å². The molecule has 1 aromatic heterocycles. The maximum Gasteiger partial charge on any atom is 0.233 e. The Kier molecular flexibility index (Phi) is 3.25. The van der Waals surface area contributed by atoms with E-state index in [0.717, 1.165) is 12.8 Å². The van der Waals surface area contributed by atoms with E-state index in [0.29, 0.717) is 6.54 Å². The fraction of sp³-hybridized carbons (Fsp3) is 0.400. The molecule has 19 heavy (non-hydrogen) atoms. The number of aromatic amines is 1. The summed E-state index contributed by atoms with van der Waals surface area (Å²) in [6.45, 7) is 0.371. The zero-order chi connectivity index (χ0) is 13.2. The van der Waals surface area contributed by atoms with E-state index in [-0.39, 0.29) is 11.9 Å². The molecule has 4 heteroatoms. The van der Waals surface area contributed by atoms with Gasteiger partial charge >= 0.3 is 0 Å². The number of amides is 1. The number of aryl methyl sites for hydroxylation is 1. The third kappa shape index (κ3) is 2.24. The third-order valence-electron chi connectivity index (χ3n) is 3.90. The van der Waals surface area contributed by atoms with Crippen molar-refractivity contribution in [1.82, 2.24) is 15.6 Å². The smallest absolute Gasteiger partial charge is 0.233 e. The van der Waals surface area contributed by atoms with Gasteiger partial charge in [0.05, 0.1) is 6.54 Å². The SMILES string of the molecule is CNC(=O)CNC1CCCc2c1[nH]c1ccccc21. The summed E-state index contributed by atoms with van der Waals surface area (Å²) in [5.41, 5.74) is 3.87. The maximum absolute atomic E-state index is 11.4. The van der Waals surface area contributed by atoms with Crippen LogP contribution in [0.25, 0.3) is 10.9 Å². The van der Waals surface area contributed by atoms with Gasteiger partial charge in [-0.1, -0.05) is 18.2 Å². The number of benzene rings is 1. The average molecular weight is 257 g/mol. The van der Waals surface area contributed by atoms with Crippen LogP contribution in [0.1, 0.15) is 30.1 Å². The summed E-state index contributed by atoms with van der Waals surface area (Å²) in [5.74, 6) is 0.0308. The second kappa shape index (κ2) is 5.05. The van der Waals surface area contributed by atoms with Gasteiger partial charge in [0, 0.05) is 29.7 Å². The predicted octanol–water partition coefficient (Wildman–Crippen LogP) is 1.88. The van der Waals surface area contributed by atoms with E-state index in [2.05, 4.69) is 39.9 Å². The van der Waals surface area contributed by atoms with Gasteiger partial charge in [0.2, 0.25) is 5.91 Å². The normalized spacial score (nSPS) is 18.3. The van der Waals surface area contributed by atoms with E-state index in [4.69, 9.17) is 0 Å². The minimum Gasteiger partial charge on any atom is -0.358 e. The number of hydrogen-bond acceptors (Lipinski definition) is 2. The maximum atomic E-state index is 11.4. The number of para-hydroxylation sites is 1. The zero-order valence-corrected chi connectivity index (χ0v) is 11.1. The van der Waals surface area contributed by atoms with Crippen LogP contribution in [-0.2, 0) is 11.2 Å². The Hall–Kier alpha value is -1.81. The molecule has 100 valence electrons. The van der Waals surface area contributed by atoms with Crippen molar-refractivity contribution >= 4 is 16.8 Å². The number of carbonyl (C=O) groups excluding carboxylic acids is 1. The number of fused-ring (bicyclic) bond motifs is 3. The van der Waals surface area contributed by atoms with Crippen LogP contribution in [-0.4, -0.2) is 24.5 Å². The van der Waals surface area contributed by atoms with Gasteiger partial charge in [-0.3, -0.25) is 4.79 Å². The summed E-state index contributed by atoms with van der Waals surface area (Å²) in [4.78, 5) is 14.9. The van der Waals surface area contributed by atoms with E-state index < -0.39 is 0 Å². The molecular weight excluding hydrogens is 238 g/mol. The molecule has 1 aromatic carbocycles. The first kappa shape index (κ1) is 12.2. The van der Waals surface area contributed by atoms with E-state index in [1.165, 1.54) is 28.6 Å². The molecule has 1 amide bonds. The summed E-state index contributed by atoms with van der Waals surface area (Å²) in [7, 11) is 1.67. The Morgan fingerprint density at radius 3 is 3.11 bits per heavy atom. The molecule has 4 nitrogen and oxygen atoms in total. The number of nitrogens with one attached hydrogen (secondary N) is 3. The lowest BCUT2D eigenvalue weighted by atomic mass is 9.92. The minimum absolute atomic E-state index is 0.0308. The number of hydrogen-bond donors (Lipinski definition) is 3. The molecule has 3 N–H and O–H groups in total. The fourth-order valence-corrected chi connectivity index (χ4v) is 2.92. The Morgan fingerprint density at radius 1 is 1.42 bits per heavy atom. The van der Waals surface area contributed by atoms with E-state index in [9.17, 15) is 4.79 Å². The standard InChI is InChI=1S/C15H19N3O/c1-16-14(19)9-17-13-8-4-6-11-10-5-2-3-7-12(10)18-15(11)13/h2-3,5,7,13,17-18H,4,6,8-9H2,1H3,(H,16,19). The van der Waals surface area contributed by atoms with Crippen molar-refractivity contribution in [2.24, 2.45) is 0 Å². The summed E-state index contributed by atoms with van der Waals surface area (Å²) >= 11 is 0. The predicted molar refractivity (Wildman–Crippen MR) is 76.0 cm³/mol. The molecule has 1 aliphatic carbocycles. The van der Waals surface area contributed by atoms with Crippen LogP contribution in [0.3, 0.4) is 0 Å². The van der Waals surface area contributed by atoms with Crippen molar-refractivity contribution in [1.29, 1.82) is 0 Å². The van der Waals surface area contributed by atoms with Crippen molar-refractivity contribution in [2.75, 3.05) is 13.6 Å². The highest BCUT2D eigenvalue weighted by Gasteiger charge is 2.23. The topological polar surface area (TPSA) is 56.9 Å². The zero-order valence-electron chi connectivity index (χ0n) is 11.1. The van der Waals surface area contributed by atoms with Crippen LogP contribution in [0, 0.1) is 0 Å². The Morgan fingerprint density at radius 2 is 2.26 bits per heavy atom. The van der Waals surface area contributed by atoms with Gasteiger partial charge < -0.3 is 15.6 Å². The largest absolute Gasteiger partial charge is 0.358 e. The first-order valence-corrected chi connectivity index (χ1v) is 6.83. The van der Waals surface area contributed by atoms with Crippen molar-refractivity contribution in [2.45, 2.75) is 25.3 Å². The second-order valence-electron chi connectivity index (χ2n) is 5.06. The lowest BCUT2D eigenvalue weighted by molar-refractivity contribution is -0.119. The minimum atomic E-state index is 0.0308. The van der Waals surface area contributed by atoms with Crippen molar-refractivity contribution < 1.29 is 4.79 Å². The number of H-pyrrole nitrogens is 1. The third-order valence-corrected chi connectivity index (χ3v) is 3.90. The molecule has 0 radical (unpaired) electrons. The van der Waals surface area contributed by atoms with Gasteiger partial charge in [-0.15, -0.1) is 0 Å². The molecule has 0 bridgehead atoms. The van der Waals surface area contributed by atoms with E-state index in [1.807, 2.05) is 0 Å². The lowest BCUT2D eigenvalue weighted by Gasteiger charge is -2.23. The van der Waals surface area contributed by atoms with Crippen molar-refractivity contribution in [3.63, 3.8) is 0 Å². The number of rotatable bonds is 3.